The summed E-state index contributed by atoms with van der Waals surface area (Å²) in [6.07, 6.45) is 18.4. The first-order chi connectivity index (χ1) is 11.6. The maximum absolute atomic E-state index is 2.57. The normalized spacial score (nSPS) is 11.8. The highest BCUT2D eigenvalue weighted by atomic mass is 127. The fraction of sp³-hybridized carbons (Fsp3) is 0.739. The van der Waals surface area contributed by atoms with Crippen LogP contribution in [0.5, 0.6) is 0 Å². The Morgan fingerprint density at radius 2 is 1.17 bits per heavy atom. The van der Waals surface area contributed by atoms with Crippen molar-refractivity contribution in [2.75, 3.05) is 0 Å². The third kappa shape index (κ3) is 10.1. The van der Waals surface area contributed by atoms with Gasteiger partial charge < -0.3 is 0 Å². The molecule has 0 bridgehead atoms. The molecule has 0 amide bonds. The molecule has 0 saturated carbocycles. The van der Waals surface area contributed by atoms with E-state index in [0.29, 0.717) is 0 Å². The van der Waals surface area contributed by atoms with E-state index in [-0.39, 0.29) is 3.42 Å². The first-order valence-corrected chi connectivity index (χ1v) is 11.4. The molecule has 0 heterocycles. The van der Waals surface area contributed by atoms with Gasteiger partial charge in [-0.2, -0.15) is 0 Å². The molecular formula is C23H39I. The lowest BCUT2D eigenvalue weighted by molar-refractivity contribution is 0.543. The van der Waals surface area contributed by atoms with Gasteiger partial charge in [0, 0.05) is 3.42 Å². The van der Waals surface area contributed by atoms with Crippen molar-refractivity contribution >= 4 is 22.6 Å². The zero-order valence-electron chi connectivity index (χ0n) is 16.4. The zero-order chi connectivity index (χ0) is 17.7. The average molecular weight is 442 g/mol. The molecule has 1 rings (SSSR count). The van der Waals surface area contributed by atoms with Crippen LogP contribution in [0.1, 0.15) is 109 Å². The van der Waals surface area contributed by atoms with Crippen molar-refractivity contribution in [3.63, 3.8) is 0 Å². The van der Waals surface area contributed by atoms with Crippen molar-refractivity contribution in [1.82, 2.24) is 0 Å². The molecular weight excluding hydrogens is 403 g/mol. The van der Waals surface area contributed by atoms with E-state index in [0.717, 1.165) is 0 Å². The zero-order valence-corrected chi connectivity index (χ0v) is 18.5. The summed E-state index contributed by atoms with van der Waals surface area (Å²) in [6.45, 7) is 6.92. The Balaban J connectivity index is 2.03. The lowest BCUT2D eigenvalue weighted by Gasteiger charge is -2.21. The second-order valence-electron chi connectivity index (χ2n) is 7.77. The van der Waals surface area contributed by atoms with Gasteiger partial charge in [-0.05, 0) is 37.8 Å². The van der Waals surface area contributed by atoms with Gasteiger partial charge in [-0.3, -0.25) is 0 Å². The summed E-state index contributed by atoms with van der Waals surface area (Å²) in [5.41, 5.74) is 3.08. The molecule has 0 fully saturated rings. The third-order valence-electron chi connectivity index (χ3n) is 4.96. The Morgan fingerprint density at radius 1 is 0.708 bits per heavy atom. The molecule has 0 N–H and O–H groups in total. The number of hydrogen-bond donors (Lipinski definition) is 0. The molecule has 0 saturated heterocycles. The molecule has 0 nitrogen and oxygen atoms in total. The topological polar surface area (TPSA) is 0 Å². The number of unbranched alkanes of at least 4 members (excludes halogenated alkanes) is 11. The highest BCUT2D eigenvalue weighted by Crippen LogP contribution is 2.33. The standard InChI is InChI=1S/C23H39I/c1-4-5-6-7-8-9-10-11-12-13-14-15-18-21-19-16-17-20-22(21)23(2,3)24/h16-17,19-20H,4-15,18H2,1-3H3. The minimum atomic E-state index is 0.242. The van der Waals surface area contributed by atoms with Crippen LogP contribution in [0.4, 0.5) is 0 Å². The van der Waals surface area contributed by atoms with E-state index < -0.39 is 0 Å². The summed E-state index contributed by atoms with van der Waals surface area (Å²) in [5, 5.41) is 0. The Kier molecular flexibility index (Phi) is 12.1. The van der Waals surface area contributed by atoms with Crippen molar-refractivity contribution in [2.24, 2.45) is 0 Å². The summed E-state index contributed by atoms with van der Waals surface area (Å²) in [5.74, 6) is 0. The molecule has 0 aromatic heterocycles. The first-order valence-electron chi connectivity index (χ1n) is 10.3. The summed E-state index contributed by atoms with van der Waals surface area (Å²) in [4.78, 5) is 0. The molecule has 0 spiro atoms. The molecule has 0 aliphatic heterocycles. The van der Waals surface area contributed by atoms with E-state index in [4.69, 9.17) is 0 Å². The molecule has 24 heavy (non-hydrogen) atoms. The van der Waals surface area contributed by atoms with Gasteiger partial charge in [0.15, 0.2) is 0 Å². The fourth-order valence-corrected chi connectivity index (χ4v) is 4.00. The van der Waals surface area contributed by atoms with Crippen LogP contribution in [0.25, 0.3) is 0 Å². The van der Waals surface area contributed by atoms with Gasteiger partial charge >= 0.3 is 0 Å². The maximum Gasteiger partial charge on any atom is 0.0416 e. The number of halogens is 1. The average Bonchev–Trinajstić information content (AvgIpc) is 2.55. The number of benzene rings is 1. The molecule has 1 aromatic carbocycles. The van der Waals surface area contributed by atoms with Crippen LogP contribution in [0.2, 0.25) is 0 Å². The van der Waals surface area contributed by atoms with Crippen molar-refractivity contribution < 1.29 is 0 Å². The van der Waals surface area contributed by atoms with Crippen LogP contribution in [-0.2, 0) is 9.84 Å². The van der Waals surface area contributed by atoms with E-state index in [9.17, 15) is 0 Å². The molecule has 0 aliphatic carbocycles. The Hall–Kier alpha value is -0.0500. The minimum absolute atomic E-state index is 0.242. The Morgan fingerprint density at radius 3 is 1.67 bits per heavy atom. The number of rotatable bonds is 14. The summed E-state index contributed by atoms with van der Waals surface area (Å²) < 4.78 is 0.242. The van der Waals surface area contributed by atoms with E-state index >= 15 is 0 Å². The lowest BCUT2D eigenvalue weighted by Crippen LogP contribution is -2.10. The number of aryl methyl sites for hydroxylation is 1. The van der Waals surface area contributed by atoms with Crippen LogP contribution in [-0.4, -0.2) is 0 Å². The van der Waals surface area contributed by atoms with Gasteiger partial charge in [0.2, 0.25) is 0 Å². The Labute approximate surface area is 165 Å². The fourth-order valence-electron chi connectivity index (χ4n) is 3.47. The predicted molar refractivity (Wildman–Crippen MR) is 118 cm³/mol. The predicted octanol–water partition coefficient (Wildman–Crippen LogP) is 8.60. The number of alkyl halides is 1. The van der Waals surface area contributed by atoms with Crippen LogP contribution in [0.15, 0.2) is 24.3 Å². The van der Waals surface area contributed by atoms with E-state index in [1.807, 2.05) is 0 Å². The van der Waals surface area contributed by atoms with Gasteiger partial charge in [-0.25, -0.2) is 0 Å². The van der Waals surface area contributed by atoms with Crippen molar-refractivity contribution in [3.05, 3.63) is 35.4 Å². The molecule has 0 unspecified atom stereocenters. The third-order valence-corrected chi connectivity index (χ3v) is 5.54. The largest absolute Gasteiger partial charge is 0.0743 e. The monoisotopic (exact) mass is 442 g/mol. The van der Waals surface area contributed by atoms with Crippen molar-refractivity contribution in [2.45, 2.75) is 108 Å². The second-order valence-corrected chi connectivity index (χ2v) is 10.5. The molecule has 0 aliphatic rings. The Bertz CT molecular complexity index is 416. The number of hydrogen-bond acceptors (Lipinski definition) is 0. The van der Waals surface area contributed by atoms with Gasteiger partial charge in [-0.15, -0.1) is 0 Å². The molecule has 1 heteroatoms. The van der Waals surface area contributed by atoms with Gasteiger partial charge in [0.1, 0.15) is 0 Å². The van der Waals surface area contributed by atoms with Crippen molar-refractivity contribution in [3.8, 4) is 0 Å². The van der Waals surface area contributed by atoms with Crippen LogP contribution >= 0.6 is 22.6 Å². The SMILES string of the molecule is CCCCCCCCCCCCCCc1ccccc1C(C)(C)I. The highest BCUT2D eigenvalue weighted by Gasteiger charge is 2.18. The van der Waals surface area contributed by atoms with Crippen LogP contribution < -0.4 is 0 Å². The van der Waals surface area contributed by atoms with Gasteiger partial charge in [0.05, 0.1) is 0 Å². The van der Waals surface area contributed by atoms with E-state index in [1.165, 1.54) is 89.0 Å². The first kappa shape index (κ1) is 22.0. The summed E-state index contributed by atoms with van der Waals surface area (Å²) in [7, 11) is 0. The minimum Gasteiger partial charge on any atom is -0.0743 e. The van der Waals surface area contributed by atoms with E-state index in [2.05, 4.69) is 67.6 Å². The second kappa shape index (κ2) is 13.2. The van der Waals surface area contributed by atoms with Crippen molar-refractivity contribution in [1.29, 1.82) is 0 Å². The summed E-state index contributed by atoms with van der Waals surface area (Å²) >= 11 is 2.57. The highest BCUT2D eigenvalue weighted by molar-refractivity contribution is 14.1. The summed E-state index contributed by atoms with van der Waals surface area (Å²) in [6, 6.07) is 9.01. The molecule has 0 atom stereocenters. The molecule has 0 radical (unpaired) electrons. The molecule has 138 valence electrons. The quantitative estimate of drug-likeness (QED) is 0.154. The molecule has 1 aromatic rings. The van der Waals surface area contributed by atoms with Gasteiger partial charge in [0.25, 0.3) is 0 Å². The van der Waals surface area contributed by atoms with Gasteiger partial charge in [-0.1, -0.05) is 124 Å². The lowest BCUT2D eigenvalue weighted by atomic mass is 9.93. The van der Waals surface area contributed by atoms with Crippen LogP contribution in [0, 0.1) is 0 Å². The smallest absolute Gasteiger partial charge is 0.0416 e. The maximum atomic E-state index is 2.57. The van der Waals surface area contributed by atoms with E-state index in [1.54, 1.807) is 5.56 Å². The van der Waals surface area contributed by atoms with Crippen LogP contribution in [0.3, 0.4) is 0 Å².